The van der Waals surface area contributed by atoms with E-state index in [0.717, 1.165) is 12.0 Å². The summed E-state index contributed by atoms with van der Waals surface area (Å²) in [5.74, 6) is 0.544. The predicted molar refractivity (Wildman–Crippen MR) is 71.4 cm³/mol. The number of nitriles is 1. The third-order valence-corrected chi connectivity index (χ3v) is 3.46. The zero-order valence-corrected chi connectivity index (χ0v) is 10.2. The SMILES string of the molecule is N#Cc1ccc(O)c(-c2ccc([C@@H]3C[C@H]3N)cn2)c1. The van der Waals surface area contributed by atoms with Gasteiger partial charge in [0.25, 0.3) is 0 Å². The van der Waals surface area contributed by atoms with Crippen LogP contribution in [0.3, 0.4) is 0 Å². The molecule has 19 heavy (non-hydrogen) atoms. The van der Waals surface area contributed by atoms with Crippen molar-refractivity contribution in [1.29, 1.82) is 5.26 Å². The Morgan fingerprint density at radius 1 is 1.32 bits per heavy atom. The van der Waals surface area contributed by atoms with Gasteiger partial charge in [-0.25, -0.2) is 0 Å². The number of hydrogen-bond donors (Lipinski definition) is 2. The minimum Gasteiger partial charge on any atom is -0.507 e. The average molecular weight is 251 g/mol. The van der Waals surface area contributed by atoms with Gasteiger partial charge in [0.1, 0.15) is 5.75 Å². The van der Waals surface area contributed by atoms with E-state index in [0.29, 0.717) is 22.7 Å². The van der Waals surface area contributed by atoms with Crippen LogP contribution in [-0.4, -0.2) is 16.1 Å². The number of aromatic nitrogens is 1. The number of nitrogens with zero attached hydrogens (tertiary/aromatic N) is 2. The third kappa shape index (κ3) is 2.16. The average Bonchev–Trinajstić information content (AvgIpc) is 3.17. The van der Waals surface area contributed by atoms with Gasteiger partial charge in [0.05, 0.1) is 17.3 Å². The summed E-state index contributed by atoms with van der Waals surface area (Å²) in [6.07, 6.45) is 2.81. The molecule has 3 N–H and O–H groups in total. The van der Waals surface area contributed by atoms with Crippen molar-refractivity contribution >= 4 is 0 Å². The number of benzene rings is 1. The first-order valence-electron chi connectivity index (χ1n) is 6.14. The summed E-state index contributed by atoms with van der Waals surface area (Å²) in [4.78, 5) is 4.36. The van der Waals surface area contributed by atoms with Crippen LogP contribution >= 0.6 is 0 Å². The van der Waals surface area contributed by atoms with E-state index < -0.39 is 0 Å². The first kappa shape index (κ1) is 11.7. The smallest absolute Gasteiger partial charge is 0.125 e. The summed E-state index contributed by atoms with van der Waals surface area (Å²) in [6.45, 7) is 0. The van der Waals surface area contributed by atoms with E-state index in [1.54, 1.807) is 18.3 Å². The number of rotatable bonds is 2. The molecule has 1 heterocycles. The lowest BCUT2D eigenvalue weighted by molar-refractivity contribution is 0.477. The Balaban J connectivity index is 1.96. The molecular formula is C15H13N3O. The lowest BCUT2D eigenvalue weighted by atomic mass is 10.1. The maximum absolute atomic E-state index is 9.85. The number of phenolic OH excluding ortho intramolecular Hbond substituents is 1. The Morgan fingerprint density at radius 2 is 2.11 bits per heavy atom. The molecule has 2 atom stereocenters. The lowest BCUT2D eigenvalue weighted by Gasteiger charge is -2.05. The van der Waals surface area contributed by atoms with Crippen LogP contribution in [0.2, 0.25) is 0 Å². The van der Waals surface area contributed by atoms with Gasteiger partial charge >= 0.3 is 0 Å². The zero-order valence-electron chi connectivity index (χ0n) is 10.2. The molecule has 0 unspecified atom stereocenters. The molecule has 1 aromatic carbocycles. The number of phenols is 1. The molecule has 1 aliphatic carbocycles. The fourth-order valence-electron chi connectivity index (χ4n) is 2.19. The van der Waals surface area contributed by atoms with Crippen LogP contribution in [0.5, 0.6) is 5.75 Å². The van der Waals surface area contributed by atoms with Crippen molar-refractivity contribution in [3.63, 3.8) is 0 Å². The summed E-state index contributed by atoms with van der Waals surface area (Å²) in [5.41, 5.74) is 8.67. The number of aromatic hydroxyl groups is 1. The Bertz CT molecular complexity index is 658. The molecule has 3 rings (SSSR count). The van der Waals surface area contributed by atoms with E-state index in [1.165, 1.54) is 6.07 Å². The first-order chi connectivity index (χ1) is 9.19. The molecule has 4 heteroatoms. The van der Waals surface area contributed by atoms with Gasteiger partial charge in [-0.2, -0.15) is 5.26 Å². The maximum atomic E-state index is 9.85. The van der Waals surface area contributed by atoms with Crippen LogP contribution in [0.15, 0.2) is 36.5 Å². The van der Waals surface area contributed by atoms with E-state index in [9.17, 15) is 5.11 Å². The minimum atomic E-state index is 0.127. The Labute approximate surface area is 111 Å². The predicted octanol–water partition coefficient (Wildman–Crippen LogP) is 2.14. The summed E-state index contributed by atoms with van der Waals surface area (Å²) in [6, 6.07) is 10.9. The van der Waals surface area contributed by atoms with Crippen LogP contribution in [0.25, 0.3) is 11.3 Å². The molecule has 1 fully saturated rings. The highest BCUT2D eigenvalue weighted by Crippen LogP contribution is 2.39. The van der Waals surface area contributed by atoms with Crippen molar-refractivity contribution in [2.45, 2.75) is 18.4 Å². The van der Waals surface area contributed by atoms with Gasteiger partial charge in [-0.1, -0.05) is 6.07 Å². The molecule has 0 amide bonds. The van der Waals surface area contributed by atoms with Gasteiger partial charge in [-0.3, -0.25) is 4.98 Å². The Morgan fingerprint density at radius 3 is 2.68 bits per heavy atom. The number of pyridine rings is 1. The van der Waals surface area contributed by atoms with E-state index in [-0.39, 0.29) is 11.8 Å². The standard InChI is InChI=1S/C15H13N3O/c16-7-9-1-4-15(19)12(5-9)14-3-2-10(8-18-14)11-6-13(11)17/h1-5,8,11,13,19H,6,17H2/t11-,13+/m0/s1. The molecule has 94 valence electrons. The molecule has 0 radical (unpaired) electrons. The van der Waals surface area contributed by atoms with Crippen molar-refractivity contribution in [1.82, 2.24) is 4.98 Å². The van der Waals surface area contributed by atoms with Crippen molar-refractivity contribution in [3.05, 3.63) is 47.7 Å². The van der Waals surface area contributed by atoms with E-state index in [2.05, 4.69) is 11.1 Å². The summed E-state index contributed by atoms with van der Waals surface area (Å²) >= 11 is 0. The number of nitrogens with two attached hydrogens (primary N) is 1. The van der Waals surface area contributed by atoms with Crippen molar-refractivity contribution in [3.8, 4) is 23.1 Å². The highest BCUT2D eigenvalue weighted by molar-refractivity contribution is 5.68. The monoisotopic (exact) mass is 251 g/mol. The molecule has 0 bridgehead atoms. The molecule has 0 spiro atoms. The summed E-state index contributed by atoms with van der Waals surface area (Å²) in [7, 11) is 0. The third-order valence-electron chi connectivity index (χ3n) is 3.46. The van der Waals surface area contributed by atoms with E-state index in [1.807, 2.05) is 12.1 Å². The van der Waals surface area contributed by atoms with Crippen molar-refractivity contribution < 1.29 is 5.11 Å². The van der Waals surface area contributed by atoms with Gasteiger partial charge in [-0.05, 0) is 36.2 Å². The molecule has 0 aliphatic heterocycles. The highest BCUT2D eigenvalue weighted by atomic mass is 16.3. The maximum Gasteiger partial charge on any atom is 0.125 e. The number of hydrogen-bond acceptors (Lipinski definition) is 4. The molecule has 2 aromatic rings. The minimum absolute atomic E-state index is 0.127. The van der Waals surface area contributed by atoms with Gasteiger partial charge < -0.3 is 10.8 Å². The molecule has 1 saturated carbocycles. The highest BCUT2D eigenvalue weighted by Gasteiger charge is 2.34. The van der Waals surface area contributed by atoms with Gasteiger partial charge in [-0.15, -0.1) is 0 Å². The van der Waals surface area contributed by atoms with E-state index >= 15 is 0 Å². The van der Waals surface area contributed by atoms with Crippen LogP contribution in [-0.2, 0) is 0 Å². The van der Waals surface area contributed by atoms with Crippen LogP contribution in [0, 0.1) is 11.3 Å². The fraction of sp³-hybridized carbons (Fsp3) is 0.200. The van der Waals surface area contributed by atoms with Crippen LogP contribution in [0.4, 0.5) is 0 Å². The fourth-order valence-corrected chi connectivity index (χ4v) is 2.19. The first-order valence-corrected chi connectivity index (χ1v) is 6.14. The van der Waals surface area contributed by atoms with Gasteiger partial charge in [0.2, 0.25) is 0 Å². The van der Waals surface area contributed by atoms with Crippen molar-refractivity contribution in [2.75, 3.05) is 0 Å². The normalized spacial score (nSPS) is 20.8. The summed E-state index contributed by atoms with van der Waals surface area (Å²) < 4.78 is 0. The quantitative estimate of drug-likeness (QED) is 0.856. The second kappa shape index (κ2) is 4.38. The van der Waals surface area contributed by atoms with Crippen molar-refractivity contribution in [2.24, 2.45) is 5.73 Å². The molecule has 1 aromatic heterocycles. The molecule has 0 saturated heterocycles. The second-order valence-corrected chi connectivity index (χ2v) is 4.83. The van der Waals surface area contributed by atoms with E-state index in [4.69, 9.17) is 11.0 Å². The Kier molecular flexibility index (Phi) is 2.69. The molecule has 4 nitrogen and oxygen atoms in total. The molecule has 1 aliphatic rings. The Hall–Kier alpha value is -2.38. The summed E-state index contributed by atoms with van der Waals surface area (Å²) in [5, 5.41) is 18.7. The van der Waals surface area contributed by atoms with Crippen LogP contribution < -0.4 is 5.73 Å². The zero-order chi connectivity index (χ0) is 13.4. The largest absolute Gasteiger partial charge is 0.507 e. The second-order valence-electron chi connectivity index (χ2n) is 4.83. The van der Waals surface area contributed by atoms with Gasteiger partial charge in [0, 0.05) is 23.7 Å². The van der Waals surface area contributed by atoms with Gasteiger partial charge in [0.15, 0.2) is 0 Å². The van der Waals surface area contributed by atoms with Crippen LogP contribution in [0.1, 0.15) is 23.5 Å². The lowest BCUT2D eigenvalue weighted by Crippen LogP contribution is -2.01. The molecular weight excluding hydrogens is 238 g/mol. The topological polar surface area (TPSA) is 82.9 Å².